The number of unbranched alkanes of at least 4 members (excludes halogenated alkanes) is 1. The van der Waals surface area contributed by atoms with E-state index in [9.17, 15) is 0 Å². The molecule has 0 aliphatic carbocycles. The molecule has 0 spiro atoms. The highest BCUT2D eigenvalue weighted by Crippen LogP contribution is 2.30. The molecule has 1 aromatic heterocycles. The lowest BCUT2D eigenvalue weighted by Gasteiger charge is -2.20. The first-order valence-electron chi connectivity index (χ1n) is 6.73. The van der Waals surface area contributed by atoms with Gasteiger partial charge in [0.15, 0.2) is 5.82 Å². The first-order chi connectivity index (χ1) is 9.04. The summed E-state index contributed by atoms with van der Waals surface area (Å²) in [6, 6.07) is 7.80. The molecule has 102 valence electrons. The van der Waals surface area contributed by atoms with Crippen LogP contribution in [0.25, 0.3) is 0 Å². The Hall–Kier alpha value is -1.84. The lowest BCUT2D eigenvalue weighted by atomic mass is 9.84. The second-order valence-corrected chi connectivity index (χ2v) is 5.37. The smallest absolute Gasteiger partial charge is 0.236 e. The standard InChI is InChI=1S/C15H21N3O/c1-4-5-6-13-17-14(19-18-13)15(2,3)11-7-9-12(16)10-8-11/h7-10H,4-6,16H2,1-3H3. The number of benzene rings is 1. The van der Waals surface area contributed by atoms with Crippen molar-refractivity contribution in [2.45, 2.75) is 45.4 Å². The highest BCUT2D eigenvalue weighted by Gasteiger charge is 2.29. The van der Waals surface area contributed by atoms with Gasteiger partial charge in [0, 0.05) is 12.1 Å². The van der Waals surface area contributed by atoms with E-state index in [0.717, 1.165) is 36.3 Å². The minimum absolute atomic E-state index is 0.300. The average Bonchev–Trinajstić information content (AvgIpc) is 2.86. The van der Waals surface area contributed by atoms with Gasteiger partial charge in [0.25, 0.3) is 0 Å². The number of hydrogen-bond donors (Lipinski definition) is 1. The molecule has 4 nitrogen and oxygen atoms in total. The van der Waals surface area contributed by atoms with Gasteiger partial charge >= 0.3 is 0 Å². The fourth-order valence-corrected chi connectivity index (χ4v) is 1.97. The van der Waals surface area contributed by atoms with Gasteiger partial charge in [-0.25, -0.2) is 0 Å². The fourth-order valence-electron chi connectivity index (χ4n) is 1.97. The molecule has 4 heteroatoms. The summed E-state index contributed by atoms with van der Waals surface area (Å²) in [6.07, 6.45) is 3.09. The minimum atomic E-state index is -0.300. The van der Waals surface area contributed by atoms with Gasteiger partial charge in [-0.2, -0.15) is 4.98 Å². The predicted octanol–water partition coefficient (Wildman–Crippen LogP) is 3.32. The van der Waals surface area contributed by atoms with Gasteiger partial charge in [0.05, 0.1) is 5.41 Å². The quantitative estimate of drug-likeness (QED) is 0.836. The lowest BCUT2D eigenvalue weighted by Crippen LogP contribution is -2.19. The van der Waals surface area contributed by atoms with E-state index in [1.165, 1.54) is 0 Å². The summed E-state index contributed by atoms with van der Waals surface area (Å²) in [4.78, 5) is 4.51. The summed E-state index contributed by atoms with van der Waals surface area (Å²) in [5.74, 6) is 1.45. The Kier molecular flexibility index (Phi) is 3.88. The molecule has 0 fully saturated rings. The molecule has 0 amide bonds. The number of nitrogens with zero attached hydrogens (tertiary/aromatic N) is 2. The van der Waals surface area contributed by atoms with Gasteiger partial charge in [-0.15, -0.1) is 0 Å². The molecule has 0 saturated carbocycles. The molecule has 0 bridgehead atoms. The van der Waals surface area contributed by atoms with Crippen LogP contribution in [0.15, 0.2) is 28.8 Å². The van der Waals surface area contributed by atoms with E-state index in [-0.39, 0.29) is 5.41 Å². The van der Waals surface area contributed by atoms with Crippen LogP contribution < -0.4 is 5.73 Å². The second-order valence-electron chi connectivity index (χ2n) is 5.37. The van der Waals surface area contributed by atoms with E-state index < -0.39 is 0 Å². The molecule has 0 aliphatic heterocycles. The molecular formula is C15H21N3O. The Morgan fingerprint density at radius 2 is 1.89 bits per heavy atom. The van der Waals surface area contributed by atoms with Gasteiger partial charge in [-0.1, -0.05) is 30.6 Å². The van der Waals surface area contributed by atoms with E-state index >= 15 is 0 Å². The summed E-state index contributed by atoms with van der Waals surface area (Å²) >= 11 is 0. The molecule has 0 atom stereocenters. The maximum atomic E-state index is 5.72. The van der Waals surface area contributed by atoms with Gasteiger partial charge in [0.1, 0.15) is 0 Å². The van der Waals surface area contributed by atoms with Crippen molar-refractivity contribution in [1.82, 2.24) is 10.1 Å². The molecule has 2 N–H and O–H groups in total. The van der Waals surface area contributed by atoms with Crippen molar-refractivity contribution in [2.75, 3.05) is 5.73 Å². The molecule has 0 radical (unpaired) electrons. The van der Waals surface area contributed by atoms with Crippen molar-refractivity contribution in [3.05, 3.63) is 41.5 Å². The van der Waals surface area contributed by atoms with Crippen molar-refractivity contribution in [3.63, 3.8) is 0 Å². The number of anilines is 1. The van der Waals surface area contributed by atoms with Crippen molar-refractivity contribution in [2.24, 2.45) is 0 Å². The number of aromatic nitrogens is 2. The van der Waals surface area contributed by atoms with Crippen LogP contribution in [0.2, 0.25) is 0 Å². The van der Waals surface area contributed by atoms with Crippen LogP contribution in [0.3, 0.4) is 0 Å². The van der Waals surface area contributed by atoms with Gasteiger partial charge < -0.3 is 10.3 Å². The van der Waals surface area contributed by atoms with E-state index in [1.807, 2.05) is 24.3 Å². The molecular weight excluding hydrogens is 238 g/mol. The Bertz CT molecular complexity index is 529. The number of aryl methyl sites for hydroxylation is 1. The molecule has 19 heavy (non-hydrogen) atoms. The molecule has 1 heterocycles. The summed E-state index contributed by atoms with van der Waals surface area (Å²) in [6.45, 7) is 6.31. The van der Waals surface area contributed by atoms with Crippen LogP contribution in [0, 0.1) is 0 Å². The zero-order valence-corrected chi connectivity index (χ0v) is 11.8. The third-order valence-corrected chi connectivity index (χ3v) is 3.39. The van der Waals surface area contributed by atoms with Crippen LogP contribution >= 0.6 is 0 Å². The van der Waals surface area contributed by atoms with Crippen LogP contribution in [0.5, 0.6) is 0 Å². The number of nitrogen functional groups attached to an aromatic ring is 1. The van der Waals surface area contributed by atoms with Crippen LogP contribution in [0.1, 0.15) is 50.9 Å². The van der Waals surface area contributed by atoms with Gasteiger partial charge in [-0.3, -0.25) is 0 Å². The number of hydrogen-bond acceptors (Lipinski definition) is 4. The SMILES string of the molecule is CCCCc1noc(C(C)(C)c2ccc(N)cc2)n1. The third-order valence-electron chi connectivity index (χ3n) is 3.39. The van der Waals surface area contributed by atoms with Crippen LogP contribution in [-0.4, -0.2) is 10.1 Å². The molecule has 2 aromatic rings. The van der Waals surface area contributed by atoms with Crippen LogP contribution in [-0.2, 0) is 11.8 Å². The number of rotatable bonds is 5. The Labute approximate surface area is 114 Å². The average molecular weight is 259 g/mol. The summed E-state index contributed by atoms with van der Waals surface area (Å²) < 4.78 is 5.42. The lowest BCUT2D eigenvalue weighted by molar-refractivity contribution is 0.329. The minimum Gasteiger partial charge on any atom is -0.399 e. The Morgan fingerprint density at radius 1 is 1.21 bits per heavy atom. The highest BCUT2D eigenvalue weighted by molar-refractivity contribution is 5.42. The first kappa shape index (κ1) is 13.6. The van der Waals surface area contributed by atoms with Crippen molar-refractivity contribution >= 4 is 5.69 Å². The zero-order chi connectivity index (χ0) is 13.9. The molecule has 2 rings (SSSR count). The van der Waals surface area contributed by atoms with Gasteiger partial charge in [0.2, 0.25) is 5.89 Å². The third kappa shape index (κ3) is 2.95. The fraction of sp³-hybridized carbons (Fsp3) is 0.467. The summed E-state index contributed by atoms with van der Waals surface area (Å²) in [5.41, 5.74) is 7.29. The maximum absolute atomic E-state index is 5.72. The van der Waals surface area contributed by atoms with Gasteiger partial charge in [-0.05, 0) is 38.0 Å². The summed E-state index contributed by atoms with van der Waals surface area (Å²) in [5, 5.41) is 4.05. The molecule has 1 aromatic carbocycles. The molecule has 0 unspecified atom stereocenters. The second kappa shape index (κ2) is 5.43. The van der Waals surface area contributed by atoms with Crippen molar-refractivity contribution in [1.29, 1.82) is 0 Å². The Morgan fingerprint density at radius 3 is 2.53 bits per heavy atom. The number of nitrogens with two attached hydrogens (primary N) is 1. The zero-order valence-electron chi connectivity index (χ0n) is 11.8. The molecule has 0 saturated heterocycles. The highest BCUT2D eigenvalue weighted by atomic mass is 16.5. The van der Waals surface area contributed by atoms with E-state index in [2.05, 4.69) is 30.9 Å². The van der Waals surface area contributed by atoms with E-state index in [1.54, 1.807) is 0 Å². The van der Waals surface area contributed by atoms with E-state index in [4.69, 9.17) is 10.3 Å². The van der Waals surface area contributed by atoms with Crippen molar-refractivity contribution in [3.8, 4) is 0 Å². The van der Waals surface area contributed by atoms with Crippen LogP contribution in [0.4, 0.5) is 5.69 Å². The Balaban J connectivity index is 2.23. The topological polar surface area (TPSA) is 64.9 Å². The normalized spacial score (nSPS) is 11.7. The summed E-state index contributed by atoms with van der Waals surface area (Å²) in [7, 11) is 0. The first-order valence-corrected chi connectivity index (χ1v) is 6.73. The van der Waals surface area contributed by atoms with Crippen molar-refractivity contribution < 1.29 is 4.52 Å². The molecule has 0 aliphatic rings. The van der Waals surface area contributed by atoms with E-state index in [0.29, 0.717) is 5.89 Å². The maximum Gasteiger partial charge on any atom is 0.236 e. The largest absolute Gasteiger partial charge is 0.399 e. The predicted molar refractivity (Wildman–Crippen MR) is 75.9 cm³/mol. The monoisotopic (exact) mass is 259 g/mol.